The Kier molecular flexibility index (Phi) is 3.20. The molecule has 1 aromatic heterocycles. The first-order valence-electron chi connectivity index (χ1n) is 7.14. The van der Waals surface area contributed by atoms with Gasteiger partial charge in [0.05, 0.1) is 5.69 Å². The van der Waals surface area contributed by atoms with E-state index in [4.69, 9.17) is 10.7 Å². The van der Waals surface area contributed by atoms with Gasteiger partial charge in [0.2, 0.25) is 5.95 Å². The molecule has 2 aliphatic rings. The van der Waals surface area contributed by atoms with Crippen LogP contribution < -0.4 is 10.6 Å². The molecular weight excluding hydrogens is 224 g/mol. The van der Waals surface area contributed by atoms with Crippen LogP contribution in [0.25, 0.3) is 0 Å². The molecule has 3 rings (SSSR count). The fourth-order valence-corrected chi connectivity index (χ4v) is 3.16. The van der Waals surface area contributed by atoms with Gasteiger partial charge in [0, 0.05) is 31.2 Å². The number of hydrogen-bond acceptors (Lipinski definition) is 4. The molecule has 1 fully saturated rings. The molecule has 1 aliphatic heterocycles. The molecule has 2 atom stereocenters. The van der Waals surface area contributed by atoms with Crippen molar-refractivity contribution in [2.75, 3.05) is 18.0 Å². The van der Waals surface area contributed by atoms with Crippen molar-refractivity contribution >= 4 is 5.95 Å². The monoisotopic (exact) mass is 246 g/mol. The third-order valence-electron chi connectivity index (χ3n) is 4.27. The molecule has 0 spiro atoms. The summed E-state index contributed by atoms with van der Waals surface area (Å²) in [6.07, 6.45) is 7.88. The van der Waals surface area contributed by atoms with Crippen LogP contribution in [0.3, 0.4) is 0 Å². The Balaban J connectivity index is 1.85. The summed E-state index contributed by atoms with van der Waals surface area (Å²) in [5, 5.41) is 0. The van der Waals surface area contributed by atoms with Crippen LogP contribution >= 0.6 is 0 Å². The maximum absolute atomic E-state index is 6.03. The second kappa shape index (κ2) is 4.84. The Labute approximate surface area is 109 Å². The molecule has 2 heterocycles. The Morgan fingerprint density at radius 1 is 1.44 bits per heavy atom. The van der Waals surface area contributed by atoms with Crippen LogP contribution in [0.2, 0.25) is 0 Å². The zero-order valence-corrected chi connectivity index (χ0v) is 11.1. The van der Waals surface area contributed by atoms with Gasteiger partial charge in [-0.15, -0.1) is 0 Å². The molecule has 98 valence electrons. The lowest BCUT2D eigenvalue weighted by molar-refractivity contribution is 0.498. The molecule has 4 heteroatoms. The van der Waals surface area contributed by atoms with Gasteiger partial charge in [0.25, 0.3) is 0 Å². The van der Waals surface area contributed by atoms with E-state index in [1.54, 1.807) is 0 Å². The van der Waals surface area contributed by atoms with Gasteiger partial charge < -0.3 is 10.6 Å². The number of fused-ring (bicyclic) bond motifs is 1. The van der Waals surface area contributed by atoms with Gasteiger partial charge in [-0.2, -0.15) is 0 Å². The van der Waals surface area contributed by atoms with Crippen LogP contribution in [0.5, 0.6) is 0 Å². The summed E-state index contributed by atoms with van der Waals surface area (Å²) in [5.41, 5.74) is 8.68. The van der Waals surface area contributed by atoms with E-state index in [0.29, 0.717) is 5.92 Å². The fraction of sp³-hybridized carbons (Fsp3) is 0.714. The Bertz CT molecular complexity index is 432. The van der Waals surface area contributed by atoms with E-state index in [9.17, 15) is 0 Å². The van der Waals surface area contributed by atoms with E-state index in [-0.39, 0.29) is 6.04 Å². The number of aryl methyl sites for hydroxylation is 1. The van der Waals surface area contributed by atoms with Gasteiger partial charge in [-0.05, 0) is 37.7 Å². The molecule has 2 unspecified atom stereocenters. The predicted octanol–water partition coefficient (Wildman–Crippen LogP) is 1.84. The Morgan fingerprint density at radius 2 is 2.33 bits per heavy atom. The van der Waals surface area contributed by atoms with Crippen molar-refractivity contribution in [2.45, 2.75) is 51.0 Å². The van der Waals surface area contributed by atoms with Gasteiger partial charge in [-0.3, -0.25) is 0 Å². The van der Waals surface area contributed by atoms with Crippen molar-refractivity contribution in [1.82, 2.24) is 9.97 Å². The number of piperidine rings is 1. The number of aromatic nitrogens is 2. The number of hydrogen-bond donors (Lipinski definition) is 1. The maximum Gasteiger partial charge on any atom is 0.225 e. The van der Waals surface area contributed by atoms with Crippen LogP contribution in [0.15, 0.2) is 6.20 Å². The minimum Gasteiger partial charge on any atom is -0.339 e. The van der Waals surface area contributed by atoms with Crippen LogP contribution in [0.4, 0.5) is 5.95 Å². The van der Waals surface area contributed by atoms with E-state index in [0.717, 1.165) is 38.3 Å². The first-order valence-corrected chi connectivity index (χ1v) is 7.14. The largest absolute Gasteiger partial charge is 0.339 e. The molecule has 0 bridgehead atoms. The van der Waals surface area contributed by atoms with E-state index in [1.807, 2.05) is 6.20 Å². The molecule has 4 nitrogen and oxygen atoms in total. The lowest BCUT2D eigenvalue weighted by Gasteiger charge is -2.31. The van der Waals surface area contributed by atoms with Crippen LogP contribution in [-0.2, 0) is 6.42 Å². The van der Waals surface area contributed by atoms with Crippen molar-refractivity contribution in [3.63, 3.8) is 0 Å². The van der Waals surface area contributed by atoms with Crippen LogP contribution in [0.1, 0.15) is 49.8 Å². The second-order valence-corrected chi connectivity index (χ2v) is 5.57. The van der Waals surface area contributed by atoms with E-state index in [2.05, 4.69) is 16.8 Å². The van der Waals surface area contributed by atoms with E-state index >= 15 is 0 Å². The normalized spacial score (nSPS) is 27.3. The average Bonchev–Trinajstić information content (AvgIpc) is 2.80. The SMILES string of the molecule is CCC1CCc2cnc(N3CCCC(N)C3)nc21. The molecule has 0 aromatic carbocycles. The number of anilines is 1. The molecule has 1 aromatic rings. The highest BCUT2D eigenvalue weighted by atomic mass is 15.3. The molecule has 0 amide bonds. The predicted molar refractivity (Wildman–Crippen MR) is 72.8 cm³/mol. The smallest absolute Gasteiger partial charge is 0.225 e. The van der Waals surface area contributed by atoms with Gasteiger partial charge in [-0.25, -0.2) is 9.97 Å². The van der Waals surface area contributed by atoms with Crippen molar-refractivity contribution in [3.05, 3.63) is 17.5 Å². The van der Waals surface area contributed by atoms with Gasteiger partial charge in [0.1, 0.15) is 0 Å². The molecular formula is C14H22N4. The summed E-state index contributed by atoms with van der Waals surface area (Å²) < 4.78 is 0. The molecule has 0 radical (unpaired) electrons. The molecule has 2 N–H and O–H groups in total. The first-order chi connectivity index (χ1) is 8.78. The Morgan fingerprint density at radius 3 is 3.11 bits per heavy atom. The third kappa shape index (κ3) is 2.09. The lowest BCUT2D eigenvalue weighted by Crippen LogP contribution is -2.43. The quantitative estimate of drug-likeness (QED) is 0.865. The average molecular weight is 246 g/mol. The summed E-state index contributed by atoms with van der Waals surface area (Å²) >= 11 is 0. The highest BCUT2D eigenvalue weighted by Gasteiger charge is 2.25. The second-order valence-electron chi connectivity index (χ2n) is 5.57. The van der Waals surface area contributed by atoms with E-state index in [1.165, 1.54) is 24.1 Å². The lowest BCUT2D eigenvalue weighted by atomic mass is 10.0. The van der Waals surface area contributed by atoms with Gasteiger partial charge in [0.15, 0.2) is 0 Å². The third-order valence-corrected chi connectivity index (χ3v) is 4.27. The fourth-order valence-electron chi connectivity index (χ4n) is 3.16. The number of nitrogens with zero attached hydrogens (tertiary/aromatic N) is 3. The van der Waals surface area contributed by atoms with Crippen molar-refractivity contribution in [1.29, 1.82) is 0 Å². The standard InChI is InChI=1S/C14H22N4/c1-2-10-5-6-11-8-16-14(17-13(10)11)18-7-3-4-12(15)9-18/h8,10,12H,2-7,9,15H2,1H3. The van der Waals surface area contributed by atoms with Crippen LogP contribution in [0, 0.1) is 0 Å². The molecule has 18 heavy (non-hydrogen) atoms. The number of rotatable bonds is 2. The minimum atomic E-state index is 0.276. The number of nitrogens with two attached hydrogens (primary N) is 1. The van der Waals surface area contributed by atoms with Gasteiger partial charge in [-0.1, -0.05) is 6.92 Å². The van der Waals surface area contributed by atoms with Crippen molar-refractivity contribution in [3.8, 4) is 0 Å². The first kappa shape index (κ1) is 11.9. The maximum atomic E-state index is 6.03. The molecule has 1 aliphatic carbocycles. The van der Waals surface area contributed by atoms with Gasteiger partial charge >= 0.3 is 0 Å². The summed E-state index contributed by atoms with van der Waals surface area (Å²) in [6.45, 7) is 4.19. The minimum absolute atomic E-state index is 0.276. The van der Waals surface area contributed by atoms with Crippen molar-refractivity contribution < 1.29 is 0 Å². The Hall–Kier alpha value is -1.16. The summed E-state index contributed by atoms with van der Waals surface area (Å²) in [4.78, 5) is 11.6. The van der Waals surface area contributed by atoms with Crippen molar-refractivity contribution in [2.24, 2.45) is 5.73 Å². The zero-order chi connectivity index (χ0) is 12.5. The molecule has 1 saturated heterocycles. The van der Waals surface area contributed by atoms with Crippen LogP contribution in [-0.4, -0.2) is 29.1 Å². The highest BCUT2D eigenvalue weighted by molar-refractivity contribution is 5.37. The summed E-state index contributed by atoms with van der Waals surface area (Å²) in [7, 11) is 0. The summed E-state index contributed by atoms with van der Waals surface area (Å²) in [5.74, 6) is 1.53. The molecule has 0 saturated carbocycles. The topological polar surface area (TPSA) is 55.0 Å². The van der Waals surface area contributed by atoms with E-state index < -0.39 is 0 Å². The summed E-state index contributed by atoms with van der Waals surface area (Å²) in [6, 6.07) is 0.276. The zero-order valence-electron chi connectivity index (χ0n) is 11.1. The highest BCUT2D eigenvalue weighted by Crippen LogP contribution is 2.34.